The summed E-state index contributed by atoms with van der Waals surface area (Å²) in [6, 6.07) is 2.00. The summed E-state index contributed by atoms with van der Waals surface area (Å²) in [7, 11) is 0. The molecule has 1 aromatic rings. The Kier molecular flexibility index (Phi) is 6.74. The highest BCUT2D eigenvalue weighted by Crippen LogP contribution is 2.26. The molecule has 3 atom stereocenters. The predicted molar refractivity (Wildman–Crippen MR) is 70.7 cm³/mol. The maximum Gasteiger partial charge on any atom is 0.163 e. The zero-order valence-corrected chi connectivity index (χ0v) is 11.6. The topological polar surface area (TPSA) is 46.2 Å². The number of aryl methyl sites for hydroxylation is 1. The minimum Gasteiger partial charge on any atom is -0.391 e. The molecule has 0 saturated heterocycles. The van der Waals surface area contributed by atoms with Crippen LogP contribution < -0.4 is 5.73 Å². The molecule has 0 aromatic heterocycles. The summed E-state index contributed by atoms with van der Waals surface area (Å²) in [6.45, 7) is 5.22. The molecular weight excluding hydrogens is 260 g/mol. The third kappa shape index (κ3) is 3.40. The van der Waals surface area contributed by atoms with E-state index in [1.165, 1.54) is 19.1 Å². The van der Waals surface area contributed by atoms with Crippen molar-refractivity contribution in [3.05, 3.63) is 34.9 Å². The molecule has 1 aromatic carbocycles. The van der Waals surface area contributed by atoms with Crippen LogP contribution in [0.4, 0.5) is 8.78 Å². The summed E-state index contributed by atoms with van der Waals surface area (Å²) in [6.07, 6.45) is -0.151. The molecule has 0 spiro atoms. The van der Waals surface area contributed by atoms with E-state index < -0.39 is 23.8 Å². The van der Waals surface area contributed by atoms with Gasteiger partial charge in [0.15, 0.2) is 11.6 Å². The van der Waals surface area contributed by atoms with Crippen LogP contribution in [0.5, 0.6) is 0 Å². The van der Waals surface area contributed by atoms with Crippen LogP contribution in [0, 0.1) is 24.5 Å². The van der Waals surface area contributed by atoms with E-state index in [-0.39, 0.29) is 29.5 Å². The maximum absolute atomic E-state index is 13.7. The lowest BCUT2D eigenvalue weighted by atomic mass is 9.91. The Hall–Kier alpha value is -0.710. The van der Waals surface area contributed by atoms with Crippen molar-refractivity contribution in [2.24, 2.45) is 11.7 Å². The molecule has 2 nitrogen and oxygen atoms in total. The SMILES string of the molecule is CCC(C)[C@@H](O)[C@@H](N)c1ccc(C)c(F)c1F.Cl. The molecule has 1 rings (SSSR count). The summed E-state index contributed by atoms with van der Waals surface area (Å²) in [5.41, 5.74) is 6.04. The Morgan fingerprint density at radius 3 is 2.33 bits per heavy atom. The fourth-order valence-electron chi connectivity index (χ4n) is 1.70. The molecule has 0 amide bonds. The van der Waals surface area contributed by atoms with Crippen LogP contribution in [-0.4, -0.2) is 11.2 Å². The molecular formula is C13H20ClF2NO. The first kappa shape index (κ1) is 17.3. The van der Waals surface area contributed by atoms with Gasteiger partial charge >= 0.3 is 0 Å². The van der Waals surface area contributed by atoms with E-state index in [0.717, 1.165) is 6.42 Å². The number of benzene rings is 1. The van der Waals surface area contributed by atoms with Gasteiger partial charge in [-0.3, -0.25) is 0 Å². The van der Waals surface area contributed by atoms with Gasteiger partial charge in [0.05, 0.1) is 12.1 Å². The largest absolute Gasteiger partial charge is 0.391 e. The van der Waals surface area contributed by atoms with E-state index in [9.17, 15) is 13.9 Å². The van der Waals surface area contributed by atoms with E-state index in [1.807, 2.05) is 13.8 Å². The van der Waals surface area contributed by atoms with Gasteiger partial charge in [0.2, 0.25) is 0 Å². The molecule has 0 saturated carbocycles. The Morgan fingerprint density at radius 2 is 1.83 bits per heavy atom. The van der Waals surface area contributed by atoms with Crippen molar-refractivity contribution in [3.63, 3.8) is 0 Å². The lowest BCUT2D eigenvalue weighted by molar-refractivity contribution is 0.0865. The van der Waals surface area contributed by atoms with E-state index in [1.54, 1.807) is 0 Å². The molecule has 0 fully saturated rings. The quantitative estimate of drug-likeness (QED) is 0.890. The van der Waals surface area contributed by atoms with Gasteiger partial charge in [-0.1, -0.05) is 32.4 Å². The van der Waals surface area contributed by atoms with Crippen molar-refractivity contribution >= 4 is 12.4 Å². The zero-order chi connectivity index (χ0) is 13.2. The lowest BCUT2D eigenvalue weighted by Gasteiger charge is -2.24. The number of hydrogen-bond acceptors (Lipinski definition) is 2. The van der Waals surface area contributed by atoms with Gasteiger partial charge in [0.1, 0.15) is 0 Å². The minimum absolute atomic E-state index is 0. The third-order valence-corrected chi connectivity index (χ3v) is 3.26. The molecule has 5 heteroatoms. The second-order valence-electron chi connectivity index (χ2n) is 4.50. The highest BCUT2D eigenvalue weighted by Gasteiger charge is 2.25. The normalized spacial score (nSPS) is 15.7. The first-order valence-electron chi connectivity index (χ1n) is 5.78. The van der Waals surface area contributed by atoms with E-state index in [0.29, 0.717) is 0 Å². The fraction of sp³-hybridized carbons (Fsp3) is 0.538. The third-order valence-electron chi connectivity index (χ3n) is 3.26. The fourth-order valence-corrected chi connectivity index (χ4v) is 1.70. The summed E-state index contributed by atoms with van der Waals surface area (Å²) in [5, 5.41) is 9.91. The average Bonchev–Trinajstić information content (AvgIpc) is 2.33. The number of nitrogens with two attached hydrogens (primary N) is 1. The standard InChI is InChI=1S/C13H19F2NO.ClH/c1-4-7(2)13(17)12(16)9-6-5-8(3)10(14)11(9)15;/h5-7,12-13,17H,4,16H2,1-3H3;1H/t7?,12-,13+;/m0./s1. The minimum atomic E-state index is -0.958. The highest BCUT2D eigenvalue weighted by molar-refractivity contribution is 5.85. The summed E-state index contributed by atoms with van der Waals surface area (Å²) < 4.78 is 27.1. The second kappa shape index (κ2) is 7.02. The van der Waals surface area contributed by atoms with Gasteiger partial charge in [0, 0.05) is 5.56 Å². The van der Waals surface area contributed by atoms with Gasteiger partial charge in [-0.2, -0.15) is 0 Å². The molecule has 3 N–H and O–H groups in total. The number of halogens is 3. The molecule has 0 aliphatic rings. The summed E-state index contributed by atoms with van der Waals surface area (Å²) >= 11 is 0. The molecule has 1 unspecified atom stereocenters. The Balaban J connectivity index is 0.00000289. The van der Waals surface area contributed by atoms with Crippen LogP contribution in [0.2, 0.25) is 0 Å². The first-order valence-corrected chi connectivity index (χ1v) is 5.78. The van der Waals surface area contributed by atoms with Gasteiger partial charge in [-0.15, -0.1) is 12.4 Å². The summed E-state index contributed by atoms with van der Waals surface area (Å²) in [5.74, 6) is -1.91. The van der Waals surface area contributed by atoms with Crippen LogP contribution in [0.1, 0.15) is 37.4 Å². The van der Waals surface area contributed by atoms with Crippen molar-refractivity contribution in [2.45, 2.75) is 39.3 Å². The Labute approximate surface area is 113 Å². The van der Waals surface area contributed by atoms with Gasteiger partial charge in [0.25, 0.3) is 0 Å². The van der Waals surface area contributed by atoms with Crippen molar-refractivity contribution < 1.29 is 13.9 Å². The number of rotatable bonds is 4. The van der Waals surface area contributed by atoms with Crippen LogP contribution in [0.15, 0.2) is 12.1 Å². The highest BCUT2D eigenvalue weighted by atomic mass is 35.5. The van der Waals surface area contributed by atoms with Crippen LogP contribution in [0.25, 0.3) is 0 Å². The van der Waals surface area contributed by atoms with Crippen LogP contribution in [-0.2, 0) is 0 Å². The zero-order valence-electron chi connectivity index (χ0n) is 10.8. The molecule has 104 valence electrons. The molecule has 0 bridgehead atoms. The smallest absolute Gasteiger partial charge is 0.163 e. The molecule has 18 heavy (non-hydrogen) atoms. The summed E-state index contributed by atoms with van der Waals surface area (Å²) in [4.78, 5) is 0. The average molecular weight is 280 g/mol. The van der Waals surface area contributed by atoms with Gasteiger partial charge in [-0.25, -0.2) is 8.78 Å². The Bertz CT molecular complexity index is 401. The first-order chi connectivity index (χ1) is 7.90. The second-order valence-corrected chi connectivity index (χ2v) is 4.50. The molecule has 0 aliphatic heterocycles. The maximum atomic E-state index is 13.7. The van der Waals surface area contributed by atoms with Crippen LogP contribution in [0.3, 0.4) is 0 Å². The van der Waals surface area contributed by atoms with E-state index in [4.69, 9.17) is 5.73 Å². The number of hydrogen-bond donors (Lipinski definition) is 2. The molecule has 0 radical (unpaired) electrons. The molecule has 0 aliphatic carbocycles. The number of aliphatic hydroxyl groups is 1. The van der Waals surface area contributed by atoms with Gasteiger partial charge < -0.3 is 10.8 Å². The van der Waals surface area contributed by atoms with E-state index in [2.05, 4.69) is 0 Å². The van der Waals surface area contributed by atoms with Crippen molar-refractivity contribution in [3.8, 4) is 0 Å². The van der Waals surface area contributed by atoms with Crippen molar-refractivity contribution in [1.82, 2.24) is 0 Å². The monoisotopic (exact) mass is 279 g/mol. The Morgan fingerprint density at radius 1 is 1.28 bits per heavy atom. The van der Waals surface area contributed by atoms with Gasteiger partial charge in [-0.05, 0) is 18.4 Å². The molecule has 0 heterocycles. The van der Waals surface area contributed by atoms with Crippen molar-refractivity contribution in [2.75, 3.05) is 0 Å². The van der Waals surface area contributed by atoms with E-state index >= 15 is 0 Å². The van der Waals surface area contributed by atoms with Crippen LogP contribution >= 0.6 is 12.4 Å². The number of aliphatic hydroxyl groups excluding tert-OH is 1. The van der Waals surface area contributed by atoms with Crippen molar-refractivity contribution in [1.29, 1.82) is 0 Å². The predicted octanol–water partition coefficient (Wildman–Crippen LogP) is 3.10. The lowest BCUT2D eigenvalue weighted by Crippen LogP contribution is -2.32.